The molecule has 5 heteroatoms. The SMILES string of the molecule is CC(C)(C)OC(=O)NC1CCN(c2cncc(-c3ccc4c(c3)C(C)(C)CCC4(C)C)c2)CC1. The fourth-order valence-corrected chi connectivity index (χ4v) is 5.28. The van der Waals surface area contributed by atoms with Crippen molar-refractivity contribution in [1.82, 2.24) is 10.3 Å². The van der Waals surface area contributed by atoms with E-state index in [1.807, 2.05) is 33.2 Å². The number of amides is 1. The summed E-state index contributed by atoms with van der Waals surface area (Å²) in [6.07, 6.45) is 7.83. The minimum absolute atomic E-state index is 0.147. The summed E-state index contributed by atoms with van der Waals surface area (Å²) in [6.45, 7) is 16.9. The van der Waals surface area contributed by atoms with Crippen LogP contribution in [0.3, 0.4) is 0 Å². The van der Waals surface area contributed by atoms with Gasteiger partial charge in [0.25, 0.3) is 0 Å². The maximum Gasteiger partial charge on any atom is 0.407 e. The molecule has 1 saturated heterocycles. The van der Waals surface area contributed by atoms with Gasteiger partial charge in [-0.2, -0.15) is 0 Å². The lowest BCUT2D eigenvalue weighted by Gasteiger charge is -2.42. The van der Waals surface area contributed by atoms with Crippen LogP contribution in [0.25, 0.3) is 11.1 Å². The van der Waals surface area contributed by atoms with Gasteiger partial charge in [0.2, 0.25) is 0 Å². The lowest BCUT2D eigenvalue weighted by molar-refractivity contribution is 0.0497. The van der Waals surface area contributed by atoms with Crippen LogP contribution in [0.15, 0.2) is 36.7 Å². The van der Waals surface area contributed by atoms with Crippen LogP contribution < -0.4 is 10.2 Å². The van der Waals surface area contributed by atoms with Gasteiger partial charge in [-0.05, 0) is 80.0 Å². The molecule has 184 valence electrons. The maximum absolute atomic E-state index is 12.1. The van der Waals surface area contributed by atoms with E-state index < -0.39 is 5.60 Å². The van der Waals surface area contributed by atoms with E-state index in [-0.39, 0.29) is 23.0 Å². The molecule has 0 spiro atoms. The highest BCUT2D eigenvalue weighted by Crippen LogP contribution is 2.46. The van der Waals surface area contributed by atoms with Gasteiger partial charge in [-0.25, -0.2) is 4.79 Å². The van der Waals surface area contributed by atoms with E-state index in [4.69, 9.17) is 4.74 Å². The zero-order valence-corrected chi connectivity index (χ0v) is 22.0. The summed E-state index contributed by atoms with van der Waals surface area (Å²) in [4.78, 5) is 19.1. The van der Waals surface area contributed by atoms with Crippen LogP contribution >= 0.6 is 0 Å². The second-order valence-corrected chi connectivity index (χ2v) is 12.4. The molecule has 1 aliphatic carbocycles. The zero-order chi connectivity index (χ0) is 24.7. The first-order valence-corrected chi connectivity index (χ1v) is 12.7. The Labute approximate surface area is 205 Å². The van der Waals surface area contributed by atoms with Crippen LogP contribution in [0.1, 0.15) is 85.3 Å². The van der Waals surface area contributed by atoms with Crippen LogP contribution in [0.5, 0.6) is 0 Å². The lowest BCUT2D eigenvalue weighted by atomic mass is 9.63. The second kappa shape index (κ2) is 8.90. The van der Waals surface area contributed by atoms with Crippen molar-refractivity contribution in [3.05, 3.63) is 47.8 Å². The number of rotatable bonds is 3. The van der Waals surface area contributed by atoms with Crippen molar-refractivity contribution in [3.8, 4) is 11.1 Å². The van der Waals surface area contributed by atoms with Crippen molar-refractivity contribution in [1.29, 1.82) is 0 Å². The van der Waals surface area contributed by atoms with Gasteiger partial charge in [0, 0.05) is 30.9 Å². The van der Waals surface area contributed by atoms with Crippen molar-refractivity contribution in [3.63, 3.8) is 0 Å². The molecule has 34 heavy (non-hydrogen) atoms. The zero-order valence-electron chi connectivity index (χ0n) is 22.0. The maximum atomic E-state index is 12.1. The molecule has 0 atom stereocenters. The number of carbonyl (C=O) groups is 1. The molecule has 5 nitrogen and oxygen atoms in total. The number of benzene rings is 1. The summed E-state index contributed by atoms with van der Waals surface area (Å²) >= 11 is 0. The van der Waals surface area contributed by atoms with Gasteiger partial charge in [-0.15, -0.1) is 0 Å². The summed E-state index contributed by atoms with van der Waals surface area (Å²) in [5, 5.41) is 3.02. The molecule has 4 rings (SSSR count). The average Bonchev–Trinajstić information content (AvgIpc) is 2.76. The molecule has 2 aliphatic rings. The molecule has 1 aliphatic heterocycles. The summed E-state index contributed by atoms with van der Waals surface area (Å²) in [6, 6.07) is 9.41. The van der Waals surface area contributed by atoms with Gasteiger partial charge < -0.3 is 15.0 Å². The van der Waals surface area contributed by atoms with Gasteiger partial charge >= 0.3 is 6.09 Å². The first-order valence-electron chi connectivity index (χ1n) is 12.7. The molecule has 1 aromatic carbocycles. The molecule has 1 fully saturated rings. The number of alkyl carbamates (subject to hydrolysis) is 1. The van der Waals surface area contributed by atoms with Gasteiger partial charge in [0.1, 0.15) is 5.60 Å². The van der Waals surface area contributed by atoms with Gasteiger partial charge in [0.15, 0.2) is 0 Å². The molecule has 0 radical (unpaired) electrons. The highest BCUT2D eigenvalue weighted by atomic mass is 16.6. The molecular weight excluding hydrogens is 422 g/mol. The predicted octanol–water partition coefficient (Wildman–Crippen LogP) is 6.59. The molecule has 1 amide bonds. The van der Waals surface area contributed by atoms with E-state index in [0.29, 0.717) is 0 Å². The van der Waals surface area contributed by atoms with Gasteiger partial charge in [-0.1, -0.05) is 45.9 Å². The van der Waals surface area contributed by atoms with Crippen molar-refractivity contribution < 1.29 is 9.53 Å². The molecule has 0 saturated carbocycles. The molecule has 0 unspecified atom stereocenters. The molecule has 1 aromatic heterocycles. The number of nitrogens with zero attached hydrogens (tertiary/aromatic N) is 2. The number of pyridine rings is 1. The number of nitrogens with one attached hydrogen (secondary N) is 1. The summed E-state index contributed by atoms with van der Waals surface area (Å²) in [7, 11) is 0. The quantitative estimate of drug-likeness (QED) is 0.558. The number of carbonyl (C=O) groups excluding carboxylic acids is 1. The summed E-state index contributed by atoms with van der Waals surface area (Å²) in [5.41, 5.74) is 6.44. The summed E-state index contributed by atoms with van der Waals surface area (Å²) in [5.74, 6) is 0. The number of hydrogen-bond donors (Lipinski definition) is 1. The Hall–Kier alpha value is -2.56. The molecule has 2 heterocycles. The second-order valence-electron chi connectivity index (χ2n) is 12.4. The Kier molecular flexibility index (Phi) is 6.43. The Bertz CT molecular complexity index is 1040. The molecule has 1 N–H and O–H groups in total. The van der Waals surface area contributed by atoms with E-state index in [2.05, 4.69) is 67.2 Å². The van der Waals surface area contributed by atoms with E-state index in [0.717, 1.165) is 37.2 Å². The minimum Gasteiger partial charge on any atom is -0.444 e. The summed E-state index contributed by atoms with van der Waals surface area (Å²) < 4.78 is 5.41. The molecular formula is C29H41N3O2. The predicted molar refractivity (Wildman–Crippen MR) is 140 cm³/mol. The van der Waals surface area contributed by atoms with E-state index in [1.165, 1.54) is 29.5 Å². The van der Waals surface area contributed by atoms with Crippen LogP contribution in [0.4, 0.5) is 10.5 Å². The highest BCUT2D eigenvalue weighted by Gasteiger charge is 2.37. The van der Waals surface area contributed by atoms with E-state index >= 15 is 0 Å². The Morgan fingerprint density at radius 3 is 2.26 bits per heavy atom. The lowest BCUT2D eigenvalue weighted by Crippen LogP contribution is -2.46. The van der Waals surface area contributed by atoms with Crippen LogP contribution in [-0.4, -0.2) is 35.8 Å². The Morgan fingerprint density at radius 2 is 1.62 bits per heavy atom. The number of fused-ring (bicyclic) bond motifs is 1. The van der Waals surface area contributed by atoms with Gasteiger partial charge in [-0.3, -0.25) is 4.98 Å². The topological polar surface area (TPSA) is 54.5 Å². The van der Waals surface area contributed by atoms with Crippen molar-refractivity contribution in [2.24, 2.45) is 0 Å². The number of anilines is 1. The first-order chi connectivity index (χ1) is 15.8. The van der Waals surface area contributed by atoms with E-state index in [1.54, 1.807) is 0 Å². The minimum atomic E-state index is -0.474. The van der Waals surface area contributed by atoms with E-state index in [9.17, 15) is 4.79 Å². The van der Waals surface area contributed by atoms with Crippen molar-refractivity contribution >= 4 is 11.8 Å². The number of hydrogen-bond acceptors (Lipinski definition) is 4. The van der Waals surface area contributed by atoms with Crippen LogP contribution in [0, 0.1) is 0 Å². The standard InChI is InChI=1S/C29H41N3O2/c1-27(2,3)34-26(33)31-22-10-14-32(15-11-22)23-16-21(18-30-19-23)20-8-9-24-25(17-20)29(6,7)13-12-28(24,4)5/h8-9,16-19,22H,10-15H2,1-7H3,(H,31,33). The fraction of sp³-hybridized carbons (Fsp3) is 0.586. The Balaban J connectivity index is 1.47. The molecule has 2 aromatic rings. The van der Waals surface area contributed by atoms with Gasteiger partial charge in [0.05, 0.1) is 11.9 Å². The monoisotopic (exact) mass is 463 g/mol. The van der Waals surface area contributed by atoms with Crippen molar-refractivity contribution in [2.45, 2.75) is 96.6 Å². The number of aromatic nitrogens is 1. The Morgan fingerprint density at radius 1 is 0.971 bits per heavy atom. The first kappa shape index (κ1) is 24.6. The van der Waals surface area contributed by atoms with Crippen molar-refractivity contribution in [2.75, 3.05) is 18.0 Å². The fourth-order valence-electron chi connectivity index (χ4n) is 5.28. The number of piperidine rings is 1. The number of ether oxygens (including phenoxy) is 1. The molecule has 0 bridgehead atoms. The third kappa shape index (κ3) is 5.39. The third-order valence-corrected chi connectivity index (χ3v) is 7.49. The average molecular weight is 464 g/mol. The van der Waals surface area contributed by atoms with Crippen LogP contribution in [-0.2, 0) is 15.6 Å². The van der Waals surface area contributed by atoms with Crippen LogP contribution in [0.2, 0.25) is 0 Å². The normalized spacial score (nSPS) is 19.9. The third-order valence-electron chi connectivity index (χ3n) is 7.49. The largest absolute Gasteiger partial charge is 0.444 e. The highest BCUT2D eigenvalue weighted by molar-refractivity contribution is 5.70. The smallest absolute Gasteiger partial charge is 0.407 e.